The zero-order valence-electron chi connectivity index (χ0n) is 16.8. The molecule has 2 fully saturated rings. The van der Waals surface area contributed by atoms with E-state index in [0.717, 1.165) is 45.0 Å². The van der Waals surface area contributed by atoms with Gasteiger partial charge in [0.05, 0.1) is 12.1 Å². The van der Waals surface area contributed by atoms with Gasteiger partial charge in [0, 0.05) is 33.3 Å². The van der Waals surface area contributed by atoms with Gasteiger partial charge in [-0.1, -0.05) is 30.3 Å². The van der Waals surface area contributed by atoms with Gasteiger partial charge in [-0.05, 0) is 51.3 Å². The molecule has 0 saturated carbocycles. The van der Waals surface area contributed by atoms with Crippen LogP contribution in [0.2, 0.25) is 0 Å². The Morgan fingerprint density at radius 3 is 2.41 bits per heavy atom. The molecule has 2 aliphatic heterocycles. The first-order chi connectivity index (χ1) is 12.8. The molecule has 0 bridgehead atoms. The van der Waals surface area contributed by atoms with Crippen molar-refractivity contribution in [1.82, 2.24) is 15.1 Å². The van der Waals surface area contributed by atoms with Gasteiger partial charge in [-0.15, -0.1) is 24.0 Å². The number of rotatable bonds is 6. The molecule has 1 aromatic carbocycles. The van der Waals surface area contributed by atoms with E-state index in [1.54, 1.807) is 0 Å². The Morgan fingerprint density at radius 1 is 1.15 bits per heavy atom. The molecule has 0 radical (unpaired) electrons. The summed E-state index contributed by atoms with van der Waals surface area (Å²) in [7, 11) is 1.89. The van der Waals surface area contributed by atoms with E-state index >= 15 is 0 Å². The van der Waals surface area contributed by atoms with Crippen LogP contribution in [-0.2, 0) is 4.74 Å². The van der Waals surface area contributed by atoms with Gasteiger partial charge in [-0.25, -0.2) is 0 Å². The summed E-state index contributed by atoms with van der Waals surface area (Å²) >= 11 is 0. The first kappa shape index (κ1) is 22.4. The second-order valence-corrected chi connectivity index (χ2v) is 7.24. The predicted octanol–water partition coefficient (Wildman–Crippen LogP) is 3.52. The molecule has 2 saturated heterocycles. The normalized spacial score (nSPS) is 20.4. The number of likely N-dealkylation sites (tertiary alicyclic amines) is 2. The molecule has 1 N–H and O–H groups in total. The third-order valence-corrected chi connectivity index (χ3v) is 5.57. The lowest BCUT2D eigenvalue weighted by Crippen LogP contribution is -2.48. The van der Waals surface area contributed by atoms with Crippen LogP contribution in [0.5, 0.6) is 0 Å². The Balaban J connectivity index is 0.00000261. The molecular formula is C21H35IN4O. The number of nitrogens with one attached hydrogen (secondary N) is 1. The molecule has 0 aliphatic carbocycles. The lowest BCUT2D eigenvalue weighted by Gasteiger charge is -2.35. The van der Waals surface area contributed by atoms with Crippen LogP contribution in [0.4, 0.5) is 0 Å². The van der Waals surface area contributed by atoms with Crippen LogP contribution in [0.1, 0.15) is 44.2 Å². The quantitative estimate of drug-likeness (QED) is 0.380. The first-order valence-corrected chi connectivity index (χ1v) is 10.2. The predicted molar refractivity (Wildman–Crippen MR) is 123 cm³/mol. The van der Waals surface area contributed by atoms with Crippen molar-refractivity contribution in [3.05, 3.63) is 35.9 Å². The number of halogens is 1. The highest BCUT2D eigenvalue weighted by Crippen LogP contribution is 2.24. The number of guanidine groups is 1. The van der Waals surface area contributed by atoms with Crippen molar-refractivity contribution >= 4 is 29.9 Å². The largest absolute Gasteiger partial charge is 0.378 e. The fraction of sp³-hybridized carbons (Fsp3) is 0.667. The fourth-order valence-corrected chi connectivity index (χ4v) is 4.18. The van der Waals surface area contributed by atoms with Crippen LogP contribution in [0.25, 0.3) is 0 Å². The second kappa shape index (κ2) is 11.9. The summed E-state index contributed by atoms with van der Waals surface area (Å²) in [5.74, 6) is 1.03. The number of aliphatic imine (C=N–C) groups is 1. The zero-order chi connectivity index (χ0) is 18.2. The highest BCUT2D eigenvalue weighted by atomic mass is 127. The van der Waals surface area contributed by atoms with Crippen LogP contribution in [-0.4, -0.2) is 68.2 Å². The van der Waals surface area contributed by atoms with Crippen molar-refractivity contribution in [3.63, 3.8) is 0 Å². The fourth-order valence-electron chi connectivity index (χ4n) is 4.18. The molecular weight excluding hydrogens is 451 g/mol. The van der Waals surface area contributed by atoms with E-state index in [4.69, 9.17) is 4.74 Å². The summed E-state index contributed by atoms with van der Waals surface area (Å²) in [6.45, 7) is 8.22. The van der Waals surface area contributed by atoms with E-state index in [1.807, 2.05) is 7.05 Å². The number of hydrogen-bond acceptors (Lipinski definition) is 3. The Labute approximate surface area is 181 Å². The van der Waals surface area contributed by atoms with Crippen LogP contribution in [0.15, 0.2) is 35.3 Å². The minimum Gasteiger partial charge on any atom is -0.378 e. The molecule has 5 nitrogen and oxygen atoms in total. The molecule has 0 spiro atoms. The molecule has 6 heteroatoms. The summed E-state index contributed by atoms with van der Waals surface area (Å²) in [6, 6.07) is 11.3. The summed E-state index contributed by atoms with van der Waals surface area (Å²) in [4.78, 5) is 9.53. The maximum Gasteiger partial charge on any atom is 0.193 e. The highest BCUT2D eigenvalue weighted by Gasteiger charge is 2.25. The maximum absolute atomic E-state index is 5.77. The summed E-state index contributed by atoms with van der Waals surface area (Å²) in [6.07, 6.45) is 5.20. The topological polar surface area (TPSA) is 40.1 Å². The van der Waals surface area contributed by atoms with E-state index < -0.39 is 0 Å². The molecule has 152 valence electrons. The van der Waals surface area contributed by atoms with Crippen molar-refractivity contribution in [3.8, 4) is 0 Å². The number of nitrogens with zero attached hydrogens (tertiary/aromatic N) is 3. The SMILES string of the molecule is CCOC1CCN(C(=NC)NCC(c2ccccc2)N2CCCC2)CC1.I. The maximum atomic E-state index is 5.77. The third-order valence-electron chi connectivity index (χ3n) is 5.57. The summed E-state index contributed by atoms with van der Waals surface area (Å²) < 4.78 is 5.77. The van der Waals surface area contributed by atoms with E-state index in [0.29, 0.717) is 12.1 Å². The molecule has 1 aromatic rings. The standard InChI is InChI=1S/C21H34N4O.HI/c1-3-26-19-11-15-25(16-12-19)21(22-2)23-17-20(24-13-7-8-14-24)18-9-5-4-6-10-18;/h4-6,9-10,19-20H,3,7-8,11-17H2,1-2H3,(H,22,23);1H. The average molecular weight is 486 g/mol. The smallest absolute Gasteiger partial charge is 0.193 e. The van der Waals surface area contributed by atoms with Gasteiger partial charge < -0.3 is 15.0 Å². The van der Waals surface area contributed by atoms with E-state index in [9.17, 15) is 0 Å². The monoisotopic (exact) mass is 486 g/mol. The summed E-state index contributed by atoms with van der Waals surface area (Å²) in [5, 5.41) is 3.65. The minimum absolute atomic E-state index is 0. The first-order valence-electron chi connectivity index (χ1n) is 10.2. The summed E-state index contributed by atoms with van der Waals surface area (Å²) in [5.41, 5.74) is 1.40. The van der Waals surface area contributed by atoms with Gasteiger partial charge in [0.25, 0.3) is 0 Å². The van der Waals surface area contributed by atoms with Gasteiger partial charge in [0.15, 0.2) is 5.96 Å². The van der Waals surface area contributed by atoms with Crippen molar-refractivity contribution < 1.29 is 4.74 Å². The molecule has 1 unspecified atom stereocenters. The van der Waals surface area contributed by atoms with Crippen LogP contribution in [0, 0.1) is 0 Å². The molecule has 3 rings (SSSR count). The highest BCUT2D eigenvalue weighted by molar-refractivity contribution is 14.0. The zero-order valence-corrected chi connectivity index (χ0v) is 19.1. The molecule has 27 heavy (non-hydrogen) atoms. The molecule has 2 heterocycles. The number of benzene rings is 1. The van der Waals surface area contributed by atoms with Crippen LogP contribution >= 0.6 is 24.0 Å². The number of piperidine rings is 1. The molecule has 0 amide bonds. The van der Waals surface area contributed by atoms with Gasteiger partial charge >= 0.3 is 0 Å². The van der Waals surface area contributed by atoms with Crippen molar-refractivity contribution in [1.29, 1.82) is 0 Å². The van der Waals surface area contributed by atoms with E-state index in [-0.39, 0.29) is 24.0 Å². The van der Waals surface area contributed by atoms with Gasteiger partial charge in [0.1, 0.15) is 0 Å². The average Bonchev–Trinajstić information content (AvgIpc) is 3.22. The van der Waals surface area contributed by atoms with Crippen LogP contribution in [0.3, 0.4) is 0 Å². The van der Waals surface area contributed by atoms with Crippen molar-refractivity contribution in [2.45, 2.75) is 44.8 Å². The van der Waals surface area contributed by atoms with Gasteiger partial charge in [-0.2, -0.15) is 0 Å². The van der Waals surface area contributed by atoms with Crippen molar-refractivity contribution in [2.75, 3.05) is 46.4 Å². The van der Waals surface area contributed by atoms with Gasteiger partial charge in [0.2, 0.25) is 0 Å². The third kappa shape index (κ3) is 6.32. The Bertz CT molecular complexity index is 555. The Kier molecular flexibility index (Phi) is 9.86. The van der Waals surface area contributed by atoms with E-state index in [2.05, 4.69) is 57.4 Å². The Hall–Kier alpha value is -0.860. The minimum atomic E-state index is 0. The molecule has 2 aliphatic rings. The Morgan fingerprint density at radius 2 is 1.81 bits per heavy atom. The van der Waals surface area contributed by atoms with Crippen molar-refractivity contribution in [2.24, 2.45) is 4.99 Å². The van der Waals surface area contributed by atoms with E-state index in [1.165, 1.54) is 31.5 Å². The number of ether oxygens (including phenoxy) is 1. The lowest BCUT2D eigenvalue weighted by molar-refractivity contribution is 0.0263. The second-order valence-electron chi connectivity index (χ2n) is 7.24. The molecule has 0 aromatic heterocycles. The van der Waals surface area contributed by atoms with Crippen LogP contribution < -0.4 is 5.32 Å². The lowest BCUT2D eigenvalue weighted by atomic mass is 10.1. The van der Waals surface area contributed by atoms with Gasteiger partial charge in [-0.3, -0.25) is 9.89 Å². The molecule has 1 atom stereocenters. The number of hydrogen-bond donors (Lipinski definition) is 1.